The molecule has 4 nitrogen and oxygen atoms in total. The largest absolute Gasteiger partial charge is 0.383 e. The second-order valence-corrected chi connectivity index (χ2v) is 6.68. The number of aliphatic hydroxyl groups is 1. The summed E-state index contributed by atoms with van der Waals surface area (Å²) < 4.78 is 4.89. The molecule has 0 bridgehead atoms. The fourth-order valence-corrected chi connectivity index (χ4v) is 2.29. The zero-order valence-electron chi connectivity index (χ0n) is 13.1. The average molecular weight is 422 g/mol. The van der Waals surface area contributed by atoms with E-state index in [0.29, 0.717) is 44.5 Å². The van der Waals surface area contributed by atoms with Gasteiger partial charge in [0.15, 0.2) is 0 Å². The van der Waals surface area contributed by atoms with Gasteiger partial charge in [-0.25, -0.2) is 9.97 Å². The Kier molecular flexibility index (Phi) is 10.0. The van der Waals surface area contributed by atoms with Crippen LogP contribution in [0.1, 0.15) is 17.2 Å². The zero-order valence-corrected chi connectivity index (χ0v) is 16.2. The van der Waals surface area contributed by atoms with Gasteiger partial charge in [0.05, 0.1) is 13.2 Å². The molecule has 0 spiro atoms. The highest BCUT2D eigenvalue weighted by molar-refractivity contribution is 6.35. The van der Waals surface area contributed by atoms with Crippen LogP contribution in [0.3, 0.4) is 0 Å². The molecule has 0 fully saturated rings. The van der Waals surface area contributed by atoms with Crippen molar-refractivity contribution in [2.75, 3.05) is 13.2 Å². The number of ether oxygens (including phenoxy) is 1. The van der Waals surface area contributed by atoms with Crippen LogP contribution < -0.4 is 0 Å². The number of nitrogens with zero attached hydrogens (tertiary/aromatic N) is 2. The summed E-state index contributed by atoms with van der Waals surface area (Å²) in [7, 11) is 0. The molecule has 1 N–H and O–H groups in total. The van der Waals surface area contributed by atoms with Crippen molar-refractivity contribution in [2.45, 2.75) is 6.10 Å². The third kappa shape index (κ3) is 8.68. The summed E-state index contributed by atoms with van der Waals surface area (Å²) in [6.45, 7) is 7.49. The Bertz CT molecular complexity index is 697. The van der Waals surface area contributed by atoms with Gasteiger partial charge in [0.25, 0.3) is 0 Å². The van der Waals surface area contributed by atoms with Gasteiger partial charge in [-0.3, -0.25) is 0 Å². The van der Waals surface area contributed by atoms with Crippen LogP contribution in [-0.4, -0.2) is 28.3 Å². The van der Waals surface area contributed by atoms with E-state index in [1.807, 2.05) is 0 Å². The van der Waals surface area contributed by atoms with E-state index >= 15 is 0 Å². The fourth-order valence-electron chi connectivity index (χ4n) is 1.63. The lowest BCUT2D eigenvalue weighted by molar-refractivity contribution is 0.189. The Balaban J connectivity index is 0.000000299. The first-order valence-electron chi connectivity index (χ1n) is 6.93. The molecule has 1 aromatic carbocycles. The van der Waals surface area contributed by atoms with Crippen molar-refractivity contribution < 1.29 is 9.84 Å². The van der Waals surface area contributed by atoms with E-state index in [4.69, 9.17) is 51.1 Å². The standard InChI is InChI=1S/C11H8Cl2N2O.C6H8Cl2O/c12-8-1-2-9(10(13)3-8)11(16)7-4-14-6-15-5-7;1-5(7)3-9-4-6(2)8/h1-6,11,16H;1-4H2. The lowest BCUT2D eigenvalue weighted by atomic mass is 10.0. The van der Waals surface area contributed by atoms with Crippen molar-refractivity contribution in [2.24, 2.45) is 0 Å². The molecule has 25 heavy (non-hydrogen) atoms. The normalized spacial score (nSPS) is 11.2. The fraction of sp³-hybridized carbons (Fsp3) is 0.176. The number of benzene rings is 1. The third-order valence-corrected chi connectivity index (χ3v) is 3.45. The number of rotatable bonds is 6. The molecule has 8 heteroatoms. The highest BCUT2D eigenvalue weighted by atomic mass is 35.5. The minimum atomic E-state index is -0.842. The molecule has 134 valence electrons. The Hall–Kier alpha value is -1.14. The predicted molar refractivity (Wildman–Crippen MR) is 103 cm³/mol. The quantitative estimate of drug-likeness (QED) is 0.680. The van der Waals surface area contributed by atoms with Crippen LogP contribution in [0.25, 0.3) is 0 Å². The highest BCUT2D eigenvalue weighted by Crippen LogP contribution is 2.29. The maximum atomic E-state index is 10.1. The van der Waals surface area contributed by atoms with E-state index in [2.05, 4.69) is 23.1 Å². The molecule has 0 aliphatic heterocycles. The first kappa shape index (κ1) is 21.9. The maximum Gasteiger partial charge on any atom is 0.115 e. The molecule has 0 amide bonds. The average Bonchev–Trinajstić information content (AvgIpc) is 2.55. The molecular weight excluding hydrogens is 406 g/mol. The van der Waals surface area contributed by atoms with Gasteiger partial charge < -0.3 is 9.84 Å². The minimum absolute atomic E-state index is 0.327. The summed E-state index contributed by atoms with van der Waals surface area (Å²) in [4.78, 5) is 7.68. The van der Waals surface area contributed by atoms with Crippen LogP contribution >= 0.6 is 46.4 Å². The molecule has 0 saturated heterocycles. The molecule has 1 heterocycles. The molecule has 0 aliphatic rings. The monoisotopic (exact) mass is 420 g/mol. The SMILES string of the molecule is C=C(Cl)COCC(=C)Cl.OC(c1cncnc1)c1ccc(Cl)cc1Cl. The topological polar surface area (TPSA) is 55.2 Å². The van der Waals surface area contributed by atoms with E-state index in [0.717, 1.165) is 0 Å². The second kappa shape index (κ2) is 11.5. The van der Waals surface area contributed by atoms with Gasteiger partial charge >= 0.3 is 0 Å². The molecule has 2 rings (SSSR count). The van der Waals surface area contributed by atoms with Crippen LogP contribution in [0.2, 0.25) is 10.0 Å². The predicted octanol–water partition coefficient (Wildman–Crippen LogP) is 5.37. The molecule has 1 atom stereocenters. The van der Waals surface area contributed by atoms with Gasteiger partial charge in [-0.2, -0.15) is 0 Å². The number of aromatic nitrogens is 2. The van der Waals surface area contributed by atoms with Crippen molar-refractivity contribution in [3.05, 3.63) is 81.3 Å². The van der Waals surface area contributed by atoms with Gasteiger partial charge in [-0.05, 0) is 12.1 Å². The molecule has 0 aliphatic carbocycles. The lowest BCUT2D eigenvalue weighted by Crippen LogP contribution is -2.01. The Morgan fingerprint density at radius 2 is 1.64 bits per heavy atom. The van der Waals surface area contributed by atoms with Gasteiger partial charge in [0.1, 0.15) is 12.4 Å². The summed E-state index contributed by atoms with van der Waals surface area (Å²) in [5.74, 6) is 0. The summed E-state index contributed by atoms with van der Waals surface area (Å²) in [6, 6.07) is 4.95. The molecule has 0 saturated carbocycles. The van der Waals surface area contributed by atoms with Crippen LogP contribution in [0, 0.1) is 0 Å². The molecular formula is C17H16Cl4N2O2. The molecule has 1 aromatic heterocycles. The number of hydrogen-bond acceptors (Lipinski definition) is 4. The Morgan fingerprint density at radius 3 is 2.12 bits per heavy atom. The molecule has 0 radical (unpaired) electrons. The first-order valence-corrected chi connectivity index (χ1v) is 8.44. The van der Waals surface area contributed by atoms with Gasteiger partial charge in [-0.15, -0.1) is 0 Å². The van der Waals surface area contributed by atoms with Crippen molar-refractivity contribution in [3.63, 3.8) is 0 Å². The van der Waals surface area contributed by atoms with Gasteiger partial charge in [-0.1, -0.05) is 65.6 Å². The van der Waals surface area contributed by atoms with E-state index < -0.39 is 6.10 Å². The van der Waals surface area contributed by atoms with Crippen molar-refractivity contribution >= 4 is 46.4 Å². The van der Waals surface area contributed by atoms with Gasteiger partial charge in [0.2, 0.25) is 0 Å². The van der Waals surface area contributed by atoms with E-state index in [1.165, 1.54) is 6.33 Å². The van der Waals surface area contributed by atoms with Gasteiger partial charge in [0, 0.05) is 43.6 Å². The first-order chi connectivity index (χ1) is 11.8. The van der Waals surface area contributed by atoms with Crippen molar-refractivity contribution in [1.29, 1.82) is 0 Å². The van der Waals surface area contributed by atoms with Crippen LogP contribution in [0.4, 0.5) is 0 Å². The minimum Gasteiger partial charge on any atom is -0.383 e. The van der Waals surface area contributed by atoms with Crippen LogP contribution in [0.15, 0.2) is 60.1 Å². The number of aliphatic hydroxyl groups excluding tert-OH is 1. The summed E-state index contributed by atoms with van der Waals surface area (Å²) in [5, 5.41) is 11.9. The summed E-state index contributed by atoms with van der Waals surface area (Å²) >= 11 is 22.5. The van der Waals surface area contributed by atoms with E-state index in [9.17, 15) is 5.11 Å². The van der Waals surface area contributed by atoms with Crippen LogP contribution in [-0.2, 0) is 4.74 Å². The molecule has 2 aromatic rings. The number of halogens is 4. The third-order valence-electron chi connectivity index (χ3n) is 2.67. The zero-order chi connectivity index (χ0) is 18.8. The Labute approximate surface area is 166 Å². The second-order valence-electron chi connectivity index (χ2n) is 4.77. The summed E-state index contributed by atoms with van der Waals surface area (Å²) in [5.41, 5.74) is 1.17. The van der Waals surface area contributed by atoms with Crippen molar-refractivity contribution in [3.8, 4) is 0 Å². The van der Waals surface area contributed by atoms with Crippen LogP contribution in [0.5, 0.6) is 0 Å². The lowest BCUT2D eigenvalue weighted by Gasteiger charge is -2.12. The smallest absolute Gasteiger partial charge is 0.115 e. The Morgan fingerprint density at radius 1 is 1.08 bits per heavy atom. The van der Waals surface area contributed by atoms with Crippen molar-refractivity contribution in [1.82, 2.24) is 9.97 Å². The van der Waals surface area contributed by atoms with E-state index in [-0.39, 0.29) is 0 Å². The molecule has 1 unspecified atom stereocenters. The maximum absolute atomic E-state index is 10.1. The summed E-state index contributed by atoms with van der Waals surface area (Å²) in [6.07, 6.45) is 3.65. The number of hydrogen-bond donors (Lipinski definition) is 1. The highest BCUT2D eigenvalue weighted by Gasteiger charge is 2.14. The van der Waals surface area contributed by atoms with E-state index in [1.54, 1.807) is 30.6 Å².